The maximum atomic E-state index is 13.8. The molecule has 3 aromatic rings. The van der Waals surface area contributed by atoms with Gasteiger partial charge in [0.15, 0.2) is 0 Å². The van der Waals surface area contributed by atoms with Gasteiger partial charge in [0.1, 0.15) is 17.5 Å². The molecule has 0 spiro atoms. The van der Waals surface area contributed by atoms with Crippen LogP contribution >= 0.6 is 0 Å². The van der Waals surface area contributed by atoms with Crippen LogP contribution in [0, 0.1) is 11.6 Å². The fourth-order valence-corrected chi connectivity index (χ4v) is 3.26. The Hall–Kier alpha value is -3.28. The van der Waals surface area contributed by atoms with Crippen molar-refractivity contribution in [2.45, 2.75) is 12.8 Å². The van der Waals surface area contributed by atoms with E-state index in [9.17, 15) is 13.6 Å². The Balaban J connectivity index is 1.61. The molecule has 27 heavy (non-hydrogen) atoms. The number of nitrogens with one attached hydrogen (secondary N) is 1. The number of hydrogen-bond acceptors (Lipinski definition) is 3. The summed E-state index contributed by atoms with van der Waals surface area (Å²) in [6.07, 6.45) is 3.56. The number of amides is 1. The number of aromatic nitrogens is 1. The lowest BCUT2D eigenvalue weighted by Crippen LogP contribution is -2.25. The number of benzene rings is 2. The highest BCUT2D eigenvalue weighted by Gasteiger charge is 2.20. The van der Waals surface area contributed by atoms with Gasteiger partial charge in [-0.15, -0.1) is 0 Å². The highest BCUT2D eigenvalue weighted by Crippen LogP contribution is 2.32. The molecule has 0 radical (unpaired) electrons. The second kappa shape index (κ2) is 7.15. The standard InChI is InChI=1S/C21H17F2N3O/c22-16-7-8-18(17(23)13-16)25-21(27)15-9-10-24-20(12-15)26-11-3-5-14-4-1-2-6-19(14)26/h1-2,4,6-10,12-13H,3,5,11H2,(H,25,27). The molecule has 0 atom stereocenters. The number of para-hydroxylation sites is 1. The van der Waals surface area contributed by atoms with Crippen LogP contribution in [0.1, 0.15) is 22.3 Å². The average molecular weight is 365 g/mol. The van der Waals surface area contributed by atoms with Crippen molar-refractivity contribution in [3.63, 3.8) is 0 Å². The molecule has 4 rings (SSSR count). The number of fused-ring (bicyclic) bond motifs is 1. The molecule has 2 heterocycles. The first-order chi connectivity index (χ1) is 13.1. The molecule has 0 saturated carbocycles. The van der Waals surface area contributed by atoms with Crippen molar-refractivity contribution < 1.29 is 13.6 Å². The Morgan fingerprint density at radius 3 is 2.78 bits per heavy atom. The van der Waals surface area contributed by atoms with E-state index in [-0.39, 0.29) is 5.69 Å². The summed E-state index contributed by atoms with van der Waals surface area (Å²) in [5, 5.41) is 2.48. The topological polar surface area (TPSA) is 45.2 Å². The molecular formula is C21H17F2N3O. The highest BCUT2D eigenvalue weighted by atomic mass is 19.1. The van der Waals surface area contributed by atoms with E-state index in [1.165, 1.54) is 11.6 Å². The largest absolute Gasteiger partial charge is 0.326 e. The third kappa shape index (κ3) is 3.51. The van der Waals surface area contributed by atoms with Crippen molar-refractivity contribution in [2.75, 3.05) is 16.8 Å². The van der Waals surface area contributed by atoms with E-state index in [1.54, 1.807) is 18.3 Å². The van der Waals surface area contributed by atoms with E-state index in [4.69, 9.17) is 0 Å². The van der Waals surface area contributed by atoms with Crippen molar-refractivity contribution in [1.29, 1.82) is 0 Å². The van der Waals surface area contributed by atoms with Gasteiger partial charge >= 0.3 is 0 Å². The molecule has 1 aliphatic rings. The average Bonchev–Trinajstić information content (AvgIpc) is 2.69. The van der Waals surface area contributed by atoms with Crippen LogP contribution in [-0.4, -0.2) is 17.4 Å². The molecule has 0 aliphatic carbocycles. The number of rotatable bonds is 3. The molecule has 1 aromatic heterocycles. The summed E-state index contributed by atoms with van der Waals surface area (Å²) in [5.41, 5.74) is 2.61. The fraction of sp³-hybridized carbons (Fsp3) is 0.143. The summed E-state index contributed by atoms with van der Waals surface area (Å²) in [5.74, 6) is -1.33. The summed E-state index contributed by atoms with van der Waals surface area (Å²) < 4.78 is 26.8. The van der Waals surface area contributed by atoms with Crippen LogP contribution in [0.3, 0.4) is 0 Å². The zero-order valence-electron chi connectivity index (χ0n) is 14.5. The van der Waals surface area contributed by atoms with Gasteiger partial charge in [0.2, 0.25) is 0 Å². The SMILES string of the molecule is O=C(Nc1ccc(F)cc1F)c1ccnc(N2CCCc3ccccc32)c1. The van der Waals surface area contributed by atoms with Crippen molar-refractivity contribution in [1.82, 2.24) is 4.98 Å². The molecule has 0 unspecified atom stereocenters. The van der Waals surface area contributed by atoms with Gasteiger partial charge in [-0.25, -0.2) is 13.8 Å². The van der Waals surface area contributed by atoms with Crippen LogP contribution in [0.4, 0.5) is 26.0 Å². The Morgan fingerprint density at radius 2 is 1.93 bits per heavy atom. The summed E-state index contributed by atoms with van der Waals surface area (Å²) in [6.45, 7) is 0.807. The Labute approximate surface area is 155 Å². The third-order valence-corrected chi connectivity index (χ3v) is 4.57. The fourth-order valence-electron chi connectivity index (χ4n) is 3.26. The molecular weight excluding hydrogens is 348 g/mol. The molecule has 2 aromatic carbocycles. The van der Waals surface area contributed by atoms with Crippen LogP contribution < -0.4 is 10.2 Å². The first-order valence-electron chi connectivity index (χ1n) is 8.70. The number of hydrogen-bond donors (Lipinski definition) is 1. The van der Waals surface area contributed by atoms with Gasteiger partial charge in [0.05, 0.1) is 5.69 Å². The number of carbonyl (C=O) groups is 1. The quantitative estimate of drug-likeness (QED) is 0.732. The van der Waals surface area contributed by atoms with Crippen molar-refractivity contribution >= 4 is 23.1 Å². The van der Waals surface area contributed by atoms with E-state index in [0.717, 1.165) is 37.2 Å². The van der Waals surface area contributed by atoms with Gasteiger partial charge in [0.25, 0.3) is 5.91 Å². The molecule has 6 heteroatoms. The maximum Gasteiger partial charge on any atom is 0.255 e. The van der Waals surface area contributed by atoms with Gasteiger partial charge < -0.3 is 10.2 Å². The van der Waals surface area contributed by atoms with E-state index < -0.39 is 17.5 Å². The number of aryl methyl sites for hydroxylation is 1. The first kappa shape index (κ1) is 17.1. The molecule has 0 saturated heterocycles. The first-order valence-corrected chi connectivity index (χ1v) is 8.70. The van der Waals surface area contributed by atoms with Crippen LogP contribution in [-0.2, 0) is 6.42 Å². The van der Waals surface area contributed by atoms with Gasteiger partial charge in [-0.1, -0.05) is 18.2 Å². The van der Waals surface area contributed by atoms with E-state index in [0.29, 0.717) is 11.4 Å². The van der Waals surface area contributed by atoms with Gasteiger partial charge in [-0.3, -0.25) is 4.79 Å². The lowest BCUT2D eigenvalue weighted by Gasteiger charge is -2.30. The molecule has 1 N–H and O–H groups in total. The lowest BCUT2D eigenvalue weighted by molar-refractivity contribution is 0.102. The predicted molar refractivity (Wildman–Crippen MR) is 100 cm³/mol. The zero-order chi connectivity index (χ0) is 18.8. The van der Waals surface area contributed by atoms with E-state index in [1.807, 2.05) is 18.2 Å². The van der Waals surface area contributed by atoms with Crippen molar-refractivity contribution in [3.8, 4) is 0 Å². The summed E-state index contributed by atoms with van der Waals surface area (Å²) >= 11 is 0. The van der Waals surface area contributed by atoms with Crippen LogP contribution in [0.5, 0.6) is 0 Å². The van der Waals surface area contributed by atoms with Crippen LogP contribution in [0.2, 0.25) is 0 Å². The summed E-state index contributed by atoms with van der Waals surface area (Å²) in [7, 11) is 0. The highest BCUT2D eigenvalue weighted by molar-refractivity contribution is 6.04. The van der Waals surface area contributed by atoms with E-state index >= 15 is 0 Å². The minimum Gasteiger partial charge on any atom is -0.326 e. The summed E-state index contributed by atoms with van der Waals surface area (Å²) in [4.78, 5) is 19.0. The number of carbonyl (C=O) groups excluding carboxylic acids is 1. The minimum absolute atomic E-state index is 0.0666. The molecule has 1 aliphatic heterocycles. The Kier molecular flexibility index (Phi) is 4.54. The van der Waals surface area contributed by atoms with Gasteiger partial charge in [-0.05, 0) is 48.7 Å². The van der Waals surface area contributed by atoms with Crippen LogP contribution in [0.15, 0.2) is 60.8 Å². The third-order valence-electron chi connectivity index (χ3n) is 4.57. The zero-order valence-corrected chi connectivity index (χ0v) is 14.5. The van der Waals surface area contributed by atoms with Crippen molar-refractivity contribution in [3.05, 3.63) is 83.6 Å². The van der Waals surface area contributed by atoms with Crippen molar-refractivity contribution in [2.24, 2.45) is 0 Å². The second-order valence-electron chi connectivity index (χ2n) is 6.36. The number of halogens is 2. The normalized spacial score (nSPS) is 13.2. The van der Waals surface area contributed by atoms with Crippen LogP contribution in [0.25, 0.3) is 0 Å². The second-order valence-corrected chi connectivity index (χ2v) is 6.36. The van der Waals surface area contributed by atoms with Gasteiger partial charge in [0, 0.05) is 30.1 Å². The molecule has 4 nitrogen and oxygen atoms in total. The molecule has 0 bridgehead atoms. The Bertz CT molecular complexity index is 1010. The number of nitrogens with zero attached hydrogens (tertiary/aromatic N) is 2. The maximum absolute atomic E-state index is 13.8. The minimum atomic E-state index is -0.817. The Morgan fingerprint density at radius 1 is 1.07 bits per heavy atom. The molecule has 0 fully saturated rings. The molecule has 136 valence electrons. The monoisotopic (exact) mass is 365 g/mol. The number of anilines is 3. The van der Waals surface area contributed by atoms with Gasteiger partial charge in [-0.2, -0.15) is 0 Å². The van der Waals surface area contributed by atoms with E-state index in [2.05, 4.69) is 21.3 Å². The summed E-state index contributed by atoms with van der Waals surface area (Å²) in [6, 6.07) is 14.4. The molecule has 1 amide bonds. The predicted octanol–water partition coefficient (Wildman–Crippen LogP) is 4.70. The number of pyridine rings is 1. The lowest BCUT2D eigenvalue weighted by atomic mass is 10.0. The smallest absolute Gasteiger partial charge is 0.255 e.